The number of hydrogen-bond donors (Lipinski definition) is 0. The second kappa shape index (κ2) is 31.0. The van der Waals surface area contributed by atoms with Crippen LogP contribution in [-0.2, 0) is 0 Å². The normalized spacial score (nSPS) is 19.1. The third-order valence-electron chi connectivity index (χ3n) is 8.07. The Hall–Kier alpha value is 0. The molecule has 0 aromatic heterocycles. The zero-order chi connectivity index (χ0) is 25.7. The molecule has 0 unspecified atom stereocenters. The first-order valence-electron chi connectivity index (χ1n) is 16.8. The second-order valence-corrected chi connectivity index (χ2v) is 10.9. The van der Waals surface area contributed by atoms with Crippen molar-refractivity contribution in [2.24, 2.45) is 17.8 Å². The van der Waals surface area contributed by atoms with Gasteiger partial charge in [0.25, 0.3) is 0 Å². The van der Waals surface area contributed by atoms with Gasteiger partial charge < -0.3 is 0 Å². The number of unbranched alkanes of at least 4 members (excludes halogenated alkanes) is 3. The van der Waals surface area contributed by atoms with Crippen LogP contribution in [0.1, 0.15) is 203 Å². The first kappa shape index (κ1) is 36.2. The Morgan fingerprint density at radius 3 is 0.735 bits per heavy atom. The molecule has 3 rings (SSSR count). The fraction of sp³-hybridized carbons (Fsp3) is 1.00. The maximum absolute atomic E-state index is 2.29. The highest BCUT2D eigenvalue weighted by atomic mass is 14.2. The van der Waals surface area contributed by atoms with Crippen molar-refractivity contribution in [1.82, 2.24) is 0 Å². The van der Waals surface area contributed by atoms with Gasteiger partial charge in [0.05, 0.1) is 0 Å². The lowest BCUT2D eigenvalue weighted by atomic mass is 9.86. The molecule has 0 amide bonds. The van der Waals surface area contributed by atoms with Gasteiger partial charge in [-0.2, -0.15) is 0 Å². The summed E-state index contributed by atoms with van der Waals surface area (Å²) in [5, 5.41) is 0. The zero-order valence-electron chi connectivity index (χ0n) is 25.7. The van der Waals surface area contributed by atoms with Gasteiger partial charge >= 0.3 is 0 Å². The summed E-state index contributed by atoms with van der Waals surface area (Å²) in [5.74, 6) is 3.32. The molecular weight excluding hydrogens is 408 g/mol. The van der Waals surface area contributed by atoms with Crippen molar-refractivity contribution in [3.05, 3.63) is 0 Å². The standard InChI is InChI=1S/3C10H20.2C2H6/c3*1-2-3-7-10-8-5-4-6-9-10;2*1-2/h3*10H,2-9H2,1H3;2*1-2H3. The van der Waals surface area contributed by atoms with Crippen molar-refractivity contribution in [2.75, 3.05) is 0 Å². The average molecular weight is 481 g/mol. The molecule has 34 heavy (non-hydrogen) atoms. The molecule has 0 aromatic carbocycles. The Labute approximate surface area is 220 Å². The molecule has 0 heteroatoms. The monoisotopic (exact) mass is 481 g/mol. The van der Waals surface area contributed by atoms with Gasteiger partial charge in [0.1, 0.15) is 0 Å². The van der Waals surface area contributed by atoms with Gasteiger partial charge in [0.2, 0.25) is 0 Å². The number of hydrogen-bond acceptors (Lipinski definition) is 0. The quantitative estimate of drug-likeness (QED) is 0.307. The van der Waals surface area contributed by atoms with Crippen molar-refractivity contribution in [2.45, 2.75) is 203 Å². The molecule has 3 aliphatic rings. The molecule has 0 bridgehead atoms. The van der Waals surface area contributed by atoms with Gasteiger partial charge in [-0.05, 0) is 17.8 Å². The van der Waals surface area contributed by atoms with E-state index in [1.807, 2.05) is 27.7 Å². The smallest absolute Gasteiger partial charge is 0.0414 e. The maximum Gasteiger partial charge on any atom is -0.0414 e. The summed E-state index contributed by atoms with van der Waals surface area (Å²) in [4.78, 5) is 0. The van der Waals surface area contributed by atoms with E-state index in [-0.39, 0.29) is 0 Å². The molecular formula is C34H72. The second-order valence-electron chi connectivity index (χ2n) is 10.9. The molecule has 3 saturated carbocycles. The first-order chi connectivity index (χ1) is 16.8. The van der Waals surface area contributed by atoms with Crippen LogP contribution in [0.25, 0.3) is 0 Å². The Morgan fingerprint density at radius 2 is 0.559 bits per heavy atom. The lowest BCUT2D eigenvalue weighted by Crippen LogP contribution is -2.05. The maximum atomic E-state index is 2.29. The van der Waals surface area contributed by atoms with Gasteiger partial charge in [-0.1, -0.05) is 203 Å². The van der Waals surface area contributed by atoms with Crippen molar-refractivity contribution in [3.63, 3.8) is 0 Å². The van der Waals surface area contributed by atoms with Crippen LogP contribution in [0.3, 0.4) is 0 Å². The molecule has 208 valence electrons. The largest absolute Gasteiger partial charge is 0.0683 e. The molecule has 0 N–H and O–H groups in total. The third-order valence-corrected chi connectivity index (χ3v) is 8.07. The Bertz CT molecular complexity index is 263. The van der Waals surface area contributed by atoms with Gasteiger partial charge in [0, 0.05) is 0 Å². The highest BCUT2D eigenvalue weighted by Gasteiger charge is 2.13. The topological polar surface area (TPSA) is 0 Å². The van der Waals surface area contributed by atoms with E-state index in [9.17, 15) is 0 Å². The van der Waals surface area contributed by atoms with Gasteiger partial charge in [-0.15, -0.1) is 0 Å². The Morgan fingerprint density at radius 1 is 0.353 bits per heavy atom. The summed E-state index contributed by atoms with van der Waals surface area (Å²) in [6.45, 7) is 14.9. The predicted octanol–water partition coefficient (Wildman–Crippen LogP) is 13.3. The summed E-state index contributed by atoms with van der Waals surface area (Å²) in [6.07, 6.45) is 35.8. The molecule has 3 fully saturated rings. The minimum atomic E-state index is 1.11. The van der Waals surface area contributed by atoms with Gasteiger partial charge in [-0.3, -0.25) is 0 Å². The van der Waals surface area contributed by atoms with Crippen LogP contribution in [0.2, 0.25) is 0 Å². The molecule has 3 aliphatic carbocycles. The van der Waals surface area contributed by atoms with Crippen molar-refractivity contribution < 1.29 is 0 Å². The van der Waals surface area contributed by atoms with Crippen molar-refractivity contribution in [3.8, 4) is 0 Å². The predicted molar refractivity (Wildman–Crippen MR) is 161 cm³/mol. The Kier molecular flexibility index (Phi) is 33.0. The van der Waals surface area contributed by atoms with Crippen molar-refractivity contribution >= 4 is 0 Å². The molecule has 0 atom stereocenters. The van der Waals surface area contributed by atoms with E-state index in [2.05, 4.69) is 20.8 Å². The van der Waals surface area contributed by atoms with Gasteiger partial charge in [0.15, 0.2) is 0 Å². The SMILES string of the molecule is CC.CC.CCCCC1CCCCC1.CCCCC1CCCCC1.CCCCC1CCCCC1. The zero-order valence-corrected chi connectivity index (χ0v) is 25.7. The minimum absolute atomic E-state index is 1.11. The summed E-state index contributed by atoms with van der Waals surface area (Å²) in [7, 11) is 0. The molecule has 0 nitrogen and oxygen atoms in total. The van der Waals surface area contributed by atoms with E-state index in [1.165, 1.54) is 154 Å². The van der Waals surface area contributed by atoms with E-state index >= 15 is 0 Å². The summed E-state index contributed by atoms with van der Waals surface area (Å²) >= 11 is 0. The van der Waals surface area contributed by atoms with E-state index in [0.29, 0.717) is 0 Å². The molecule has 0 saturated heterocycles. The molecule has 0 aliphatic heterocycles. The summed E-state index contributed by atoms with van der Waals surface area (Å²) in [5.41, 5.74) is 0. The van der Waals surface area contributed by atoms with Crippen LogP contribution in [0.4, 0.5) is 0 Å². The molecule has 0 aromatic rings. The lowest BCUT2D eigenvalue weighted by Gasteiger charge is -2.20. The van der Waals surface area contributed by atoms with Crippen LogP contribution in [-0.4, -0.2) is 0 Å². The van der Waals surface area contributed by atoms with Crippen LogP contribution < -0.4 is 0 Å². The van der Waals surface area contributed by atoms with E-state index in [4.69, 9.17) is 0 Å². The molecule has 0 radical (unpaired) electrons. The van der Waals surface area contributed by atoms with Crippen LogP contribution in [0.15, 0.2) is 0 Å². The fourth-order valence-electron chi connectivity index (χ4n) is 5.91. The first-order valence-corrected chi connectivity index (χ1v) is 16.8. The van der Waals surface area contributed by atoms with Crippen LogP contribution in [0.5, 0.6) is 0 Å². The van der Waals surface area contributed by atoms with Crippen LogP contribution in [0, 0.1) is 17.8 Å². The van der Waals surface area contributed by atoms with Gasteiger partial charge in [-0.25, -0.2) is 0 Å². The van der Waals surface area contributed by atoms with Crippen LogP contribution >= 0.6 is 0 Å². The third kappa shape index (κ3) is 23.7. The lowest BCUT2D eigenvalue weighted by molar-refractivity contribution is 0.331. The molecule has 0 heterocycles. The minimum Gasteiger partial charge on any atom is -0.0683 e. The van der Waals surface area contributed by atoms with E-state index in [0.717, 1.165) is 17.8 Å². The highest BCUT2D eigenvalue weighted by Crippen LogP contribution is 2.29. The fourth-order valence-corrected chi connectivity index (χ4v) is 5.91. The van der Waals surface area contributed by atoms with E-state index < -0.39 is 0 Å². The highest BCUT2D eigenvalue weighted by molar-refractivity contribution is 4.66. The van der Waals surface area contributed by atoms with Crippen molar-refractivity contribution in [1.29, 1.82) is 0 Å². The summed E-state index contributed by atoms with van der Waals surface area (Å²) < 4.78 is 0. The Balaban J connectivity index is 0. The summed E-state index contributed by atoms with van der Waals surface area (Å²) in [6, 6.07) is 0. The average Bonchev–Trinajstić information content (AvgIpc) is 2.94. The van der Waals surface area contributed by atoms with E-state index in [1.54, 1.807) is 0 Å². The number of rotatable bonds is 9. The molecule has 0 spiro atoms.